The Morgan fingerprint density at radius 3 is 2.90 bits per heavy atom. The number of allylic oxidation sites excluding steroid dienone is 6. The minimum Gasteiger partial charge on any atom is -0.0810 e. The summed E-state index contributed by atoms with van der Waals surface area (Å²) in [7, 11) is 0. The molecular weight excluding hydrogens is 120 g/mol. The molecule has 0 heterocycles. The molecule has 0 radical (unpaired) electrons. The van der Waals surface area contributed by atoms with E-state index < -0.39 is 0 Å². The highest BCUT2D eigenvalue weighted by molar-refractivity contribution is 5.31. The molecule has 0 aliphatic heterocycles. The molecule has 1 aliphatic rings. The van der Waals surface area contributed by atoms with E-state index in [0.29, 0.717) is 5.92 Å². The number of rotatable bonds is 1. The maximum atomic E-state index is 2.28. The fraction of sp³-hybridized carbons (Fsp3) is 0.400. The molecule has 0 saturated carbocycles. The molecule has 1 unspecified atom stereocenters. The van der Waals surface area contributed by atoms with Crippen LogP contribution < -0.4 is 0 Å². The second-order valence-corrected chi connectivity index (χ2v) is 2.65. The van der Waals surface area contributed by atoms with Gasteiger partial charge in [-0.25, -0.2) is 0 Å². The van der Waals surface area contributed by atoms with Crippen LogP contribution in [0, 0.1) is 5.92 Å². The van der Waals surface area contributed by atoms with E-state index in [2.05, 4.69) is 44.2 Å². The smallest absolute Gasteiger partial charge is 0.00105 e. The van der Waals surface area contributed by atoms with E-state index in [1.807, 2.05) is 0 Å². The van der Waals surface area contributed by atoms with Gasteiger partial charge in [0.05, 0.1) is 0 Å². The van der Waals surface area contributed by atoms with Crippen LogP contribution in [-0.2, 0) is 0 Å². The van der Waals surface area contributed by atoms with E-state index in [-0.39, 0.29) is 0 Å². The lowest BCUT2D eigenvalue weighted by molar-refractivity contribution is 0.873. The summed E-state index contributed by atoms with van der Waals surface area (Å²) in [5.41, 5.74) is 1.45. The lowest BCUT2D eigenvalue weighted by Gasteiger charge is -2.10. The molecule has 0 aromatic rings. The van der Waals surface area contributed by atoms with Crippen LogP contribution in [0.2, 0.25) is 0 Å². The van der Waals surface area contributed by atoms with Crippen LogP contribution in [0.5, 0.6) is 0 Å². The normalized spacial score (nSPS) is 27.8. The van der Waals surface area contributed by atoms with Gasteiger partial charge in [0.2, 0.25) is 0 Å². The zero-order valence-electron chi connectivity index (χ0n) is 6.67. The molecule has 0 bridgehead atoms. The molecule has 0 spiro atoms. The number of hydrogen-bond donors (Lipinski definition) is 0. The Labute approximate surface area is 62.9 Å². The molecule has 0 fully saturated rings. The molecule has 10 heavy (non-hydrogen) atoms. The van der Waals surface area contributed by atoms with Gasteiger partial charge in [-0.15, -0.1) is 0 Å². The predicted molar refractivity (Wildman–Crippen MR) is 45.8 cm³/mol. The molecule has 1 aliphatic carbocycles. The maximum absolute atomic E-state index is 2.28. The van der Waals surface area contributed by atoms with Crippen molar-refractivity contribution >= 4 is 0 Å². The molecule has 1 atom stereocenters. The summed E-state index contributed by atoms with van der Waals surface area (Å²) in [6.45, 7) is 4.40. The summed E-state index contributed by atoms with van der Waals surface area (Å²) in [6.07, 6.45) is 12.0. The summed E-state index contributed by atoms with van der Waals surface area (Å²) in [6, 6.07) is 0. The lowest BCUT2D eigenvalue weighted by atomic mass is 9.96. The third kappa shape index (κ3) is 1.60. The standard InChI is InChI=1S/C10H14/c1-3-6-10-8-5-4-7-9(10)2/h4-9H,3H2,1-2H3. The van der Waals surface area contributed by atoms with Crippen LogP contribution in [0.3, 0.4) is 0 Å². The highest BCUT2D eigenvalue weighted by atomic mass is 14.1. The topological polar surface area (TPSA) is 0 Å². The van der Waals surface area contributed by atoms with Crippen LogP contribution in [0.25, 0.3) is 0 Å². The second kappa shape index (κ2) is 3.40. The van der Waals surface area contributed by atoms with Crippen molar-refractivity contribution in [2.45, 2.75) is 20.3 Å². The van der Waals surface area contributed by atoms with E-state index in [1.165, 1.54) is 5.57 Å². The zero-order valence-corrected chi connectivity index (χ0v) is 6.67. The Kier molecular flexibility index (Phi) is 2.49. The van der Waals surface area contributed by atoms with E-state index in [4.69, 9.17) is 0 Å². The largest absolute Gasteiger partial charge is 0.0810 e. The fourth-order valence-corrected chi connectivity index (χ4v) is 1.15. The maximum Gasteiger partial charge on any atom is -0.00105 e. The average Bonchev–Trinajstić information content (AvgIpc) is 1.94. The van der Waals surface area contributed by atoms with Crippen LogP contribution in [0.15, 0.2) is 36.0 Å². The summed E-state index contributed by atoms with van der Waals surface area (Å²) in [5.74, 6) is 0.616. The first-order valence-corrected chi connectivity index (χ1v) is 3.89. The van der Waals surface area contributed by atoms with Crippen molar-refractivity contribution in [1.29, 1.82) is 0 Å². The lowest BCUT2D eigenvalue weighted by Crippen LogP contribution is -1.95. The van der Waals surface area contributed by atoms with Crippen molar-refractivity contribution in [1.82, 2.24) is 0 Å². The van der Waals surface area contributed by atoms with Crippen LogP contribution >= 0.6 is 0 Å². The van der Waals surface area contributed by atoms with Crippen molar-refractivity contribution < 1.29 is 0 Å². The first kappa shape index (κ1) is 7.33. The van der Waals surface area contributed by atoms with Crippen molar-refractivity contribution in [3.05, 3.63) is 36.0 Å². The van der Waals surface area contributed by atoms with Crippen molar-refractivity contribution in [3.8, 4) is 0 Å². The molecule has 54 valence electrons. The average molecular weight is 134 g/mol. The van der Waals surface area contributed by atoms with E-state index >= 15 is 0 Å². The van der Waals surface area contributed by atoms with E-state index in [1.54, 1.807) is 0 Å². The number of hydrogen-bond acceptors (Lipinski definition) is 0. The van der Waals surface area contributed by atoms with E-state index in [9.17, 15) is 0 Å². The minimum absolute atomic E-state index is 0.616. The fourth-order valence-electron chi connectivity index (χ4n) is 1.15. The van der Waals surface area contributed by atoms with Crippen LogP contribution in [0.1, 0.15) is 20.3 Å². The highest BCUT2D eigenvalue weighted by Gasteiger charge is 2.02. The molecule has 0 heteroatoms. The Bertz CT molecular complexity index is 182. The van der Waals surface area contributed by atoms with Gasteiger partial charge < -0.3 is 0 Å². The van der Waals surface area contributed by atoms with Crippen LogP contribution in [-0.4, -0.2) is 0 Å². The Hall–Kier alpha value is -0.780. The predicted octanol–water partition coefficient (Wildman–Crippen LogP) is 3.08. The molecule has 0 aromatic heterocycles. The van der Waals surface area contributed by atoms with Gasteiger partial charge in [-0.3, -0.25) is 0 Å². The van der Waals surface area contributed by atoms with Gasteiger partial charge in [0.15, 0.2) is 0 Å². The first-order valence-electron chi connectivity index (χ1n) is 3.89. The van der Waals surface area contributed by atoms with Gasteiger partial charge in [-0.2, -0.15) is 0 Å². The molecule has 0 amide bonds. The Balaban J connectivity index is 2.70. The van der Waals surface area contributed by atoms with Crippen molar-refractivity contribution in [2.24, 2.45) is 5.92 Å². The summed E-state index contributed by atoms with van der Waals surface area (Å²) in [4.78, 5) is 0. The van der Waals surface area contributed by atoms with Crippen molar-refractivity contribution in [3.63, 3.8) is 0 Å². The monoisotopic (exact) mass is 134 g/mol. The zero-order chi connectivity index (χ0) is 7.40. The van der Waals surface area contributed by atoms with Gasteiger partial charge in [-0.05, 0) is 17.9 Å². The van der Waals surface area contributed by atoms with Gasteiger partial charge >= 0.3 is 0 Å². The molecule has 1 rings (SSSR count). The third-order valence-electron chi connectivity index (χ3n) is 1.77. The molecule has 0 aromatic carbocycles. The summed E-state index contributed by atoms with van der Waals surface area (Å²) < 4.78 is 0. The Morgan fingerprint density at radius 1 is 1.50 bits per heavy atom. The van der Waals surface area contributed by atoms with Crippen molar-refractivity contribution in [2.75, 3.05) is 0 Å². The molecule has 0 nitrogen and oxygen atoms in total. The van der Waals surface area contributed by atoms with Gasteiger partial charge in [0.1, 0.15) is 0 Å². The third-order valence-corrected chi connectivity index (χ3v) is 1.77. The van der Waals surface area contributed by atoms with E-state index in [0.717, 1.165) is 6.42 Å². The SMILES string of the molecule is CCC=C1C=CC=CC1C. The molecule has 0 N–H and O–H groups in total. The highest BCUT2D eigenvalue weighted by Crippen LogP contribution is 2.17. The molecule has 0 saturated heterocycles. The van der Waals surface area contributed by atoms with Crippen LogP contribution in [0.4, 0.5) is 0 Å². The van der Waals surface area contributed by atoms with Gasteiger partial charge in [-0.1, -0.05) is 44.2 Å². The quantitative estimate of drug-likeness (QED) is 0.517. The summed E-state index contributed by atoms with van der Waals surface area (Å²) >= 11 is 0. The van der Waals surface area contributed by atoms with Gasteiger partial charge in [0.25, 0.3) is 0 Å². The summed E-state index contributed by atoms with van der Waals surface area (Å²) in [5, 5.41) is 0. The second-order valence-electron chi connectivity index (χ2n) is 2.65. The first-order chi connectivity index (χ1) is 4.84. The van der Waals surface area contributed by atoms with Gasteiger partial charge in [0, 0.05) is 0 Å². The Morgan fingerprint density at radius 2 is 2.30 bits per heavy atom. The molecular formula is C10H14. The minimum atomic E-state index is 0.616.